The number of hydrogen-bond donors (Lipinski definition) is 2. The number of thioether (sulfide) groups is 1. The smallest absolute Gasteiger partial charge is 0.251 e. The van der Waals surface area contributed by atoms with Crippen LogP contribution in [0.15, 0.2) is 5.16 Å². The summed E-state index contributed by atoms with van der Waals surface area (Å²) in [6.45, 7) is 0. The summed E-state index contributed by atoms with van der Waals surface area (Å²) in [4.78, 5) is 25.6. The van der Waals surface area contributed by atoms with Crippen LogP contribution >= 0.6 is 23.1 Å². The van der Waals surface area contributed by atoms with Gasteiger partial charge in [0, 0.05) is 18.3 Å². The van der Waals surface area contributed by atoms with Crippen LogP contribution < -0.4 is 11.1 Å². The van der Waals surface area contributed by atoms with Crippen molar-refractivity contribution in [1.29, 1.82) is 0 Å². The Morgan fingerprint density at radius 3 is 2.77 bits per heavy atom. The molecular formula is C19H25N5O4S3. The molecule has 3 heterocycles. The largest absolute Gasteiger partial charge is 0.365 e. The molecule has 12 heteroatoms. The standard InChI is InChI=1S/C19H25N5O4S3/c1-24-14(8-11-6-7-31(27,28)10-11)22-23-19(24)29-9-15(25)21-18-16(17(20)26)12-4-2-3-5-13(12)30-18/h11H,2-10H2,1H3,(H2,20,26)(H,21,25). The number of primary amides is 1. The van der Waals surface area contributed by atoms with E-state index in [2.05, 4.69) is 15.5 Å². The Bertz CT molecular complexity index is 1120. The van der Waals surface area contributed by atoms with Crippen LogP contribution in [0.2, 0.25) is 0 Å². The van der Waals surface area contributed by atoms with Gasteiger partial charge in [0.05, 0.1) is 22.8 Å². The van der Waals surface area contributed by atoms with Crippen molar-refractivity contribution in [3.63, 3.8) is 0 Å². The fourth-order valence-corrected chi connectivity index (χ4v) is 8.05. The Balaban J connectivity index is 1.37. The van der Waals surface area contributed by atoms with Gasteiger partial charge in [0.1, 0.15) is 10.8 Å². The first-order valence-corrected chi connectivity index (χ1v) is 13.8. The van der Waals surface area contributed by atoms with Crippen LogP contribution in [0, 0.1) is 5.92 Å². The number of hydrogen-bond acceptors (Lipinski definition) is 8. The molecule has 2 aromatic heterocycles. The van der Waals surface area contributed by atoms with Gasteiger partial charge >= 0.3 is 0 Å². The van der Waals surface area contributed by atoms with E-state index >= 15 is 0 Å². The zero-order valence-electron chi connectivity index (χ0n) is 17.2. The monoisotopic (exact) mass is 483 g/mol. The zero-order valence-corrected chi connectivity index (χ0v) is 19.7. The molecule has 1 fully saturated rings. The normalized spacial score (nSPS) is 19.8. The summed E-state index contributed by atoms with van der Waals surface area (Å²) < 4.78 is 25.1. The van der Waals surface area contributed by atoms with Gasteiger partial charge in [0.25, 0.3) is 5.91 Å². The third-order valence-corrected chi connectivity index (χ3v) is 9.79. The molecule has 0 saturated carbocycles. The van der Waals surface area contributed by atoms with Crippen LogP contribution in [0.3, 0.4) is 0 Å². The minimum absolute atomic E-state index is 0.0612. The van der Waals surface area contributed by atoms with E-state index < -0.39 is 15.7 Å². The van der Waals surface area contributed by atoms with Crippen molar-refractivity contribution in [2.75, 3.05) is 22.6 Å². The molecule has 168 valence electrons. The molecule has 9 nitrogen and oxygen atoms in total. The number of sulfone groups is 1. The maximum absolute atomic E-state index is 12.5. The van der Waals surface area contributed by atoms with Crippen LogP contribution in [0.5, 0.6) is 0 Å². The van der Waals surface area contributed by atoms with Gasteiger partial charge in [-0.2, -0.15) is 0 Å². The van der Waals surface area contributed by atoms with E-state index in [0.29, 0.717) is 34.4 Å². The van der Waals surface area contributed by atoms with E-state index in [0.717, 1.165) is 36.1 Å². The second-order valence-electron chi connectivity index (χ2n) is 8.05. The van der Waals surface area contributed by atoms with Gasteiger partial charge in [-0.1, -0.05) is 11.8 Å². The van der Waals surface area contributed by atoms with E-state index in [9.17, 15) is 18.0 Å². The minimum Gasteiger partial charge on any atom is -0.365 e. The molecule has 1 aliphatic heterocycles. The van der Waals surface area contributed by atoms with Gasteiger partial charge in [-0.25, -0.2) is 8.42 Å². The van der Waals surface area contributed by atoms with Crippen molar-refractivity contribution in [2.24, 2.45) is 18.7 Å². The van der Waals surface area contributed by atoms with E-state index in [4.69, 9.17) is 5.73 Å². The first-order valence-electron chi connectivity index (χ1n) is 10.2. The highest BCUT2D eigenvalue weighted by molar-refractivity contribution is 7.99. The Morgan fingerprint density at radius 2 is 2.06 bits per heavy atom. The molecule has 1 atom stereocenters. The summed E-state index contributed by atoms with van der Waals surface area (Å²) in [5, 5.41) is 12.3. The lowest BCUT2D eigenvalue weighted by atomic mass is 9.95. The lowest BCUT2D eigenvalue weighted by Crippen LogP contribution is -2.19. The number of carbonyl (C=O) groups excluding carboxylic acids is 2. The van der Waals surface area contributed by atoms with Crippen molar-refractivity contribution in [2.45, 2.75) is 43.7 Å². The Kier molecular flexibility index (Phi) is 6.40. The number of fused-ring (bicyclic) bond motifs is 1. The number of aryl methyl sites for hydroxylation is 1. The number of amides is 2. The second-order valence-corrected chi connectivity index (χ2v) is 12.3. The number of aromatic nitrogens is 3. The quantitative estimate of drug-likeness (QED) is 0.570. The molecular weight excluding hydrogens is 458 g/mol. The number of nitrogens with one attached hydrogen (secondary N) is 1. The predicted octanol–water partition coefficient (Wildman–Crippen LogP) is 1.56. The number of thiophene rings is 1. The van der Waals surface area contributed by atoms with Crippen LogP contribution in [-0.2, 0) is 40.9 Å². The Morgan fingerprint density at radius 1 is 1.29 bits per heavy atom. The molecule has 3 N–H and O–H groups in total. The molecule has 4 rings (SSSR count). The molecule has 2 aliphatic rings. The first kappa shape index (κ1) is 22.3. The van der Waals surface area contributed by atoms with Crippen LogP contribution in [0.1, 0.15) is 45.9 Å². The van der Waals surface area contributed by atoms with E-state index in [1.54, 1.807) is 0 Å². The van der Waals surface area contributed by atoms with E-state index in [-0.39, 0.29) is 29.1 Å². The van der Waals surface area contributed by atoms with Gasteiger partial charge in [-0.3, -0.25) is 9.59 Å². The fourth-order valence-electron chi connectivity index (χ4n) is 4.15. The first-order chi connectivity index (χ1) is 14.7. The van der Waals surface area contributed by atoms with Crippen molar-refractivity contribution in [1.82, 2.24) is 14.8 Å². The third-order valence-electron chi connectivity index (χ3n) is 5.73. The van der Waals surface area contributed by atoms with Crippen LogP contribution in [-0.4, -0.2) is 52.3 Å². The third kappa shape index (κ3) is 4.96. The number of nitrogens with two attached hydrogens (primary N) is 1. The van der Waals surface area contributed by atoms with Gasteiger partial charge in [0.2, 0.25) is 5.91 Å². The summed E-state index contributed by atoms with van der Waals surface area (Å²) in [6.07, 6.45) is 5.03. The number of carbonyl (C=O) groups is 2. The molecule has 2 amide bonds. The summed E-state index contributed by atoms with van der Waals surface area (Å²) in [6, 6.07) is 0. The molecule has 0 aromatic carbocycles. The zero-order chi connectivity index (χ0) is 22.2. The number of anilines is 1. The Hall–Kier alpha value is -1.92. The predicted molar refractivity (Wildman–Crippen MR) is 120 cm³/mol. The lowest BCUT2D eigenvalue weighted by molar-refractivity contribution is -0.113. The molecule has 2 aromatic rings. The van der Waals surface area contributed by atoms with Crippen molar-refractivity contribution in [3.8, 4) is 0 Å². The maximum Gasteiger partial charge on any atom is 0.251 e. The highest BCUT2D eigenvalue weighted by atomic mass is 32.2. The molecule has 0 bridgehead atoms. The molecule has 0 radical (unpaired) electrons. The highest BCUT2D eigenvalue weighted by Crippen LogP contribution is 2.38. The van der Waals surface area contributed by atoms with E-state index in [1.807, 2.05) is 11.6 Å². The highest BCUT2D eigenvalue weighted by Gasteiger charge is 2.29. The number of rotatable bonds is 7. The summed E-state index contributed by atoms with van der Waals surface area (Å²) in [5.74, 6) is 0.573. The van der Waals surface area contributed by atoms with Gasteiger partial charge in [-0.05, 0) is 43.6 Å². The Labute approximate surface area is 189 Å². The van der Waals surface area contributed by atoms with Gasteiger partial charge in [0.15, 0.2) is 15.0 Å². The van der Waals surface area contributed by atoms with Gasteiger partial charge in [-0.15, -0.1) is 21.5 Å². The fraction of sp³-hybridized carbons (Fsp3) is 0.579. The molecule has 31 heavy (non-hydrogen) atoms. The second kappa shape index (κ2) is 8.91. The number of nitrogens with zero attached hydrogens (tertiary/aromatic N) is 3. The molecule has 1 unspecified atom stereocenters. The van der Waals surface area contributed by atoms with Crippen molar-refractivity contribution in [3.05, 3.63) is 21.8 Å². The van der Waals surface area contributed by atoms with Crippen molar-refractivity contribution >= 4 is 49.8 Å². The minimum atomic E-state index is -2.93. The summed E-state index contributed by atoms with van der Waals surface area (Å²) >= 11 is 2.69. The average Bonchev–Trinajstić information content (AvgIpc) is 3.35. The topological polar surface area (TPSA) is 137 Å². The molecule has 1 saturated heterocycles. The summed E-state index contributed by atoms with van der Waals surface area (Å²) in [5.41, 5.74) is 7.02. The van der Waals surface area contributed by atoms with Crippen LogP contribution in [0.25, 0.3) is 0 Å². The molecule has 0 spiro atoms. The lowest BCUT2D eigenvalue weighted by Gasteiger charge is -2.11. The average molecular weight is 484 g/mol. The summed E-state index contributed by atoms with van der Waals surface area (Å²) in [7, 11) is -1.11. The SMILES string of the molecule is Cn1c(CC2CCS(=O)(=O)C2)nnc1SCC(=O)Nc1sc2c(c1C(N)=O)CCCC2. The van der Waals surface area contributed by atoms with E-state index in [1.165, 1.54) is 23.1 Å². The maximum atomic E-state index is 12.5. The van der Waals surface area contributed by atoms with Gasteiger partial charge < -0.3 is 15.6 Å². The van der Waals surface area contributed by atoms with Crippen LogP contribution in [0.4, 0.5) is 5.00 Å². The molecule has 1 aliphatic carbocycles. The van der Waals surface area contributed by atoms with Crippen molar-refractivity contribution < 1.29 is 18.0 Å².